The SMILES string of the molecule is CC(C)=CCCC1=CC(C)(O)CC(C)(C)C1. The van der Waals surface area contributed by atoms with Gasteiger partial charge in [0.1, 0.15) is 0 Å². The van der Waals surface area contributed by atoms with Crippen molar-refractivity contribution >= 4 is 0 Å². The maximum absolute atomic E-state index is 10.2. The molecule has 16 heavy (non-hydrogen) atoms. The van der Waals surface area contributed by atoms with E-state index in [1.54, 1.807) is 0 Å². The van der Waals surface area contributed by atoms with Crippen LogP contribution in [0.1, 0.15) is 60.3 Å². The van der Waals surface area contributed by atoms with E-state index in [2.05, 4.69) is 39.8 Å². The van der Waals surface area contributed by atoms with Crippen molar-refractivity contribution in [1.29, 1.82) is 0 Å². The highest BCUT2D eigenvalue weighted by Crippen LogP contribution is 2.41. The highest BCUT2D eigenvalue weighted by molar-refractivity contribution is 5.18. The zero-order valence-corrected chi connectivity index (χ0v) is 11.4. The summed E-state index contributed by atoms with van der Waals surface area (Å²) in [5.41, 5.74) is 2.42. The van der Waals surface area contributed by atoms with E-state index in [1.165, 1.54) is 11.1 Å². The van der Waals surface area contributed by atoms with Crippen LogP contribution in [0.15, 0.2) is 23.3 Å². The van der Waals surface area contributed by atoms with Gasteiger partial charge in [0, 0.05) is 0 Å². The average molecular weight is 222 g/mol. The Morgan fingerprint density at radius 1 is 1.38 bits per heavy atom. The molecule has 1 aliphatic carbocycles. The lowest BCUT2D eigenvalue weighted by molar-refractivity contribution is 0.0470. The first-order valence-corrected chi connectivity index (χ1v) is 6.27. The van der Waals surface area contributed by atoms with Crippen LogP contribution in [0.4, 0.5) is 0 Å². The lowest BCUT2D eigenvalue weighted by Crippen LogP contribution is -2.34. The highest BCUT2D eigenvalue weighted by atomic mass is 16.3. The summed E-state index contributed by atoms with van der Waals surface area (Å²) in [6, 6.07) is 0. The molecule has 0 bridgehead atoms. The first kappa shape index (κ1) is 13.5. The average Bonchev–Trinajstić information content (AvgIpc) is 1.96. The minimum Gasteiger partial charge on any atom is -0.386 e. The van der Waals surface area contributed by atoms with Gasteiger partial charge >= 0.3 is 0 Å². The molecule has 1 unspecified atom stereocenters. The van der Waals surface area contributed by atoms with Crippen LogP contribution in [0.5, 0.6) is 0 Å². The van der Waals surface area contributed by atoms with Gasteiger partial charge in [-0.3, -0.25) is 0 Å². The van der Waals surface area contributed by atoms with E-state index in [9.17, 15) is 5.11 Å². The van der Waals surface area contributed by atoms with Crippen LogP contribution in [0, 0.1) is 5.41 Å². The van der Waals surface area contributed by atoms with Crippen molar-refractivity contribution in [3.63, 3.8) is 0 Å². The number of rotatable bonds is 3. The summed E-state index contributed by atoms with van der Waals surface area (Å²) < 4.78 is 0. The fraction of sp³-hybridized carbons (Fsp3) is 0.733. The van der Waals surface area contributed by atoms with Gasteiger partial charge in [0.2, 0.25) is 0 Å². The molecule has 1 heteroatoms. The Labute approximate surface area is 100 Å². The minimum absolute atomic E-state index is 0.235. The summed E-state index contributed by atoms with van der Waals surface area (Å²) in [6.45, 7) is 10.7. The van der Waals surface area contributed by atoms with Crippen molar-refractivity contribution in [2.45, 2.75) is 65.9 Å². The summed E-state index contributed by atoms with van der Waals surface area (Å²) in [7, 11) is 0. The zero-order chi connectivity index (χ0) is 12.4. The topological polar surface area (TPSA) is 20.2 Å². The van der Waals surface area contributed by atoms with Crippen molar-refractivity contribution in [3.05, 3.63) is 23.3 Å². The molecule has 0 heterocycles. The number of aliphatic hydroxyl groups is 1. The van der Waals surface area contributed by atoms with Crippen LogP contribution in [0.2, 0.25) is 0 Å². The van der Waals surface area contributed by atoms with E-state index in [0.29, 0.717) is 0 Å². The van der Waals surface area contributed by atoms with Gasteiger partial charge in [0.25, 0.3) is 0 Å². The molecule has 92 valence electrons. The van der Waals surface area contributed by atoms with E-state index in [-0.39, 0.29) is 5.41 Å². The summed E-state index contributed by atoms with van der Waals surface area (Å²) in [5.74, 6) is 0. The number of allylic oxidation sites excluding steroid dienone is 3. The molecule has 0 aromatic rings. The summed E-state index contributed by atoms with van der Waals surface area (Å²) in [5, 5.41) is 10.2. The molecule has 1 atom stereocenters. The molecule has 0 saturated heterocycles. The van der Waals surface area contributed by atoms with E-state index in [0.717, 1.165) is 25.7 Å². The second-order valence-corrected chi connectivity index (χ2v) is 6.50. The van der Waals surface area contributed by atoms with Gasteiger partial charge in [-0.2, -0.15) is 0 Å². The number of hydrogen-bond donors (Lipinski definition) is 1. The predicted molar refractivity (Wildman–Crippen MR) is 70.4 cm³/mol. The van der Waals surface area contributed by atoms with Gasteiger partial charge in [-0.05, 0) is 51.9 Å². The van der Waals surface area contributed by atoms with Crippen molar-refractivity contribution in [2.75, 3.05) is 0 Å². The van der Waals surface area contributed by atoms with Crippen LogP contribution in [-0.4, -0.2) is 10.7 Å². The van der Waals surface area contributed by atoms with Crippen LogP contribution < -0.4 is 0 Å². The third kappa shape index (κ3) is 4.52. The molecule has 0 aromatic carbocycles. The second-order valence-electron chi connectivity index (χ2n) is 6.50. The molecule has 0 amide bonds. The molecule has 0 radical (unpaired) electrons. The smallest absolute Gasteiger partial charge is 0.0807 e. The van der Waals surface area contributed by atoms with Gasteiger partial charge in [0.15, 0.2) is 0 Å². The third-order valence-corrected chi connectivity index (χ3v) is 3.08. The van der Waals surface area contributed by atoms with Gasteiger partial charge < -0.3 is 5.11 Å². The Hall–Kier alpha value is -0.560. The molecule has 0 spiro atoms. The van der Waals surface area contributed by atoms with Crippen molar-refractivity contribution in [3.8, 4) is 0 Å². The predicted octanol–water partition coefficient (Wildman–Crippen LogP) is 4.23. The monoisotopic (exact) mass is 222 g/mol. The molecule has 0 aromatic heterocycles. The van der Waals surface area contributed by atoms with Gasteiger partial charge in [0.05, 0.1) is 5.60 Å². The Morgan fingerprint density at radius 2 is 2.00 bits per heavy atom. The Kier molecular flexibility index (Phi) is 4.01. The van der Waals surface area contributed by atoms with Crippen LogP contribution in [0.3, 0.4) is 0 Å². The van der Waals surface area contributed by atoms with Crippen molar-refractivity contribution < 1.29 is 5.11 Å². The lowest BCUT2D eigenvalue weighted by atomic mass is 9.70. The molecular formula is C15H26O. The van der Waals surface area contributed by atoms with E-state index in [1.807, 2.05) is 6.92 Å². The standard InChI is InChI=1S/C15H26O/c1-12(2)7-6-8-13-9-14(3,4)11-15(5,16)10-13/h7,10,16H,6,8-9,11H2,1-5H3. The van der Waals surface area contributed by atoms with Crippen LogP contribution >= 0.6 is 0 Å². The first-order chi connectivity index (χ1) is 7.20. The van der Waals surface area contributed by atoms with E-state index >= 15 is 0 Å². The fourth-order valence-corrected chi connectivity index (χ4v) is 2.89. The quantitative estimate of drug-likeness (QED) is 0.708. The maximum Gasteiger partial charge on any atom is 0.0807 e. The molecule has 1 N–H and O–H groups in total. The molecule has 0 aliphatic heterocycles. The normalized spacial score (nSPS) is 28.5. The second kappa shape index (κ2) is 4.75. The third-order valence-electron chi connectivity index (χ3n) is 3.08. The molecule has 0 fully saturated rings. The van der Waals surface area contributed by atoms with Gasteiger partial charge in [-0.15, -0.1) is 0 Å². The first-order valence-electron chi connectivity index (χ1n) is 6.27. The zero-order valence-electron chi connectivity index (χ0n) is 11.4. The highest BCUT2D eigenvalue weighted by Gasteiger charge is 2.34. The van der Waals surface area contributed by atoms with Crippen molar-refractivity contribution in [1.82, 2.24) is 0 Å². The maximum atomic E-state index is 10.2. The van der Waals surface area contributed by atoms with Gasteiger partial charge in [-0.1, -0.05) is 37.1 Å². The van der Waals surface area contributed by atoms with Crippen LogP contribution in [0.25, 0.3) is 0 Å². The van der Waals surface area contributed by atoms with E-state index in [4.69, 9.17) is 0 Å². The Morgan fingerprint density at radius 3 is 2.50 bits per heavy atom. The molecule has 1 nitrogen and oxygen atoms in total. The summed E-state index contributed by atoms with van der Waals surface area (Å²) in [6.07, 6.45) is 8.53. The Bertz CT molecular complexity index is 301. The fourth-order valence-electron chi connectivity index (χ4n) is 2.89. The van der Waals surface area contributed by atoms with E-state index < -0.39 is 5.60 Å². The Balaban J connectivity index is 2.66. The van der Waals surface area contributed by atoms with Gasteiger partial charge in [-0.25, -0.2) is 0 Å². The molecule has 0 saturated carbocycles. The molecule has 1 rings (SSSR count). The summed E-state index contributed by atoms with van der Waals surface area (Å²) >= 11 is 0. The molecule has 1 aliphatic rings. The molecular weight excluding hydrogens is 196 g/mol. The summed E-state index contributed by atoms with van der Waals surface area (Å²) in [4.78, 5) is 0. The minimum atomic E-state index is -0.609. The lowest BCUT2D eigenvalue weighted by Gasteiger charge is -2.38. The number of hydrogen-bond acceptors (Lipinski definition) is 1. The van der Waals surface area contributed by atoms with Crippen LogP contribution in [-0.2, 0) is 0 Å². The largest absolute Gasteiger partial charge is 0.386 e. The van der Waals surface area contributed by atoms with Crippen molar-refractivity contribution in [2.24, 2.45) is 5.41 Å².